The van der Waals surface area contributed by atoms with Crippen LogP contribution in [0.2, 0.25) is 0 Å². The first-order valence-corrected chi connectivity index (χ1v) is 18.2. The summed E-state index contributed by atoms with van der Waals surface area (Å²) < 4.78 is 42.4. The zero-order valence-electron chi connectivity index (χ0n) is 23.2. The van der Waals surface area contributed by atoms with E-state index in [-0.39, 0.29) is 6.16 Å². The Morgan fingerprint density at radius 1 is 0.707 bits per heavy atom. The highest BCUT2D eigenvalue weighted by molar-refractivity contribution is 8.02. The average molecular weight is 653 g/mol. The van der Waals surface area contributed by atoms with Gasteiger partial charge in [0.15, 0.2) is 11.5 Å². The van der Waals surface area contributed by atoms with Gasteiger partial charge in [0.25, 0.3) is 0 Å². The minimum atomic E-state index is -3.14. The van der Waals surface area contributed by atoms with Crippen molar-refractivity contribution in [1.82, 2.24) is 9.56 Å². The van der Waals surface area contributed by atoms with Crippen LogP contribution in [0.25, 0.3) is 0 Å². The highest BCUT2D eigenvalue weighted by Crippen LogP contribution is 2.49. The standard InChI is InChI=1S/C26H31N4O6P3S2/c1-29(27-18-21-6-12-24(32-3)13-7-21)37(40)35-25-14-8-22(9-15-25)19-28-30(2)38(41)36-26-16-10-23(11-17-26)20-39(31,33-4)34-5/h6-19H,20H2,1-5H3/q+2/b27-18-,28-19-. The second kappa shape index (κ2) is 16.0. The molecule has 2 unspecified atom stereocenters. The number of benzene rings is 3. The van der Waals surface area contributed by atoms with Crippen LogP contribution in [0, 0.1) is 0 Å². The van der Waals surface area contributed by atoms with E-state index in [1.165, 1.54) is 14.2 Å². The summed E-state index contributed by atoms with van der Waals surface area (Å²) >= 11 is 11.0. The lowest BCUT2D eigenvalue weighted by Crippen LogP contribution is -2.04. The van der Waals surface area contributed by atoms with E-state index in [1.807, 2.05) is 48.5 Å². The first-order chi connectivity index (χ1) is 19.6. The molecule has 3 aromatic rings. The fourth-order valence-corrected chi connectivity index (χ4v) is 6.02. The van der Waals surface area contributed by atoms with Gasteiger partial charge in [0.1, 0.15) is 5.75 Å². The molecule has 0 saturated carbocycles. The molecule has 10 nitrogen and oxygen atoms in total. The Kier molecular flexibility index (Phi) is 12.8. The Morgan fingerprint density at radius 3 is 1.49 bits per heavy atom. The van der Waals surface area contributed by atoms with E-state index >= 15 is 0 Å². The molecule has 0 aliphatic heterocycles. The lowest BCUT2D eigenvalue weighted by Gasteiger charge is -2.13. The summed E-state index contributed by atoms with van der Waals surface area (Å²) in [6, 6.07) is 22.1. The van der Waals surface area contributed by atoms with Crippen LogP contribution in [0.5, 0.6) is 17.2 Å². The van der Waals surface area contributed by atoms with Crippen molar-refractivity contribution in [2.75, 3.05) is 35.4 Å². The normalized spacial score (nSPS) is 12.3. The van der Waals surface area contributed by atoms with E-state index in [9.17, 15) is 4.57 Å². The molecule has 0 aliphatic carbocycles. The number of rotatable bonds is 15. The van der Waals surface area contributed by atoms with Gasteiger partial charge in [-0.1, -0.05) is 21.7 Å². The molecule has 3 rings (SSSR count). The van der Waals surface area contributed by atoms with E-state index in [0.29, 0.717) is 11.5 Å². The molecule has 0 heterocycles. The molecule has 3 aromatic carbocycles. The zero-order chi connectivity index (χ0) is 29.8. The summed E-state index contributed by atoms with van der Waals surface area (Å²) in [5, 5.41) is 8.79. The van der Waals surface area contributed by atoms with Gasteiger partial charge in [-0.25, -0.2) is 0 Å². The van der Waals surface area contributed by atoms with Gasteiger partial charge in [0.2, 0.25) is 23.6 Å². The summed E-state index contributed by atoms with van der Waals surface area (Å²) in [6.45, 7) is 0. The first-order valence-electron chi connectivity index (χ1n) is 12.0. The van der Waals surface area contributed by atoms with Gasteiger partial charge in [0, 0.05) is 14.2 Å². The highest BCUT2D eigenvalue weighted by Gasteiger charge is 2.23. The molecule has 0 aromatic heterocycles. The topological polar surface area (TPSA) is 94.4 Å². The van der Waals surface area contributed by atoms with Crippen LogP contribution < -0.4 is 13.8 Å². The van der Waals surface area contributed by atoms with Crippen molar-refractivity contribution < 1.29 is 27.4 Å². The third-order valence-corrected chi connectivity index (χ3v) is 11.1. The largest absolute Gasteiger partial charge is 0.540 e. The van der Waals surface area contributed by atoms with Gasteiger partial charge in [-0.2, -0.15) is 0 Å². The number of hydrogen-bond donors (Lipinski definition) is 0. The summed E-state index contributed by atoms with van der Waals surface area (Å²) in [4.78, 5) is 0. The van der Waals surface area contributed by atoms with E-state index in [0.717, 1.165) is 22.4 Å². The molecule has 15 heteroatoms. The Morgan fingerprint density at radius 2 is 1.10 bits per heavy atom. The zero-order valence-corrected chi connectivity index (χ0v) is 27.5. The number of hydrogen-bond acceptors (Lipinski definition) is 10. The predicted molar refractivity (Wildman–Crippen MR) is 172 cm³/mol. The van der Waals surface area contributed by atoms with Gasteiger partial charge >= 0.3 is 21.7 Å². The SMILES string of the molecule is COc1ccc(/C=N\N(C)[P+](=S)Oc2ccc(/C=N\N(C)[P+](=S)Oc3ccc(CP(=O)(OC)OC)cc3)cc2)cc1. The minimum Gasteiger partial charge on any atom is -0.497 e. The summed E-state index contributed by atoms with van der Waals surface area (Å²) in [7, 11) is 1.90. The molecule has 0 amide bonds. The van der Waals surface area contributed by atoms with Crippen molar-refractivity contribution in [2.45, 2.75) is 6.16 Å². The van der Waals surface area contributed by atoms with Crippen molar-refractivity contribution in [3.05, 3.63) is 89.5 Å². The predicted octanol–water partition coefficient (Wildman–Crippen LogP) is 6.92. The molecule has 0 radical (unpaired) electrons. The van der Waals surface area contributed by atoms with Crippen LogP contribution in [-0.2, 0) is 43.4 Å². The maximum absolute atomic E-state index is 12.3. The molecular weight excluding hydrogens is 621 g/mol. The van der Waals surface area contributed by atoms with Crippen LogP contribution in [0.3, 0.4) is 0 Å². The third-order valence-electron chi connectivity index (χ3n) is 5.44. The Bertz CT molecular complexity index is 1420. The van der Waals surface area contributed by atoms with E-state index in [2.05, 4.69) is 10.2 Å². The van der Waals surface area contributed by atoms with Gasteiger partial charge < -0.3 is 13.8 Å². The molecule has 0 fully saturated rings. The van der Waals surface area contributed by atoms with E-state index < -0.39 is 21.7 Å². The Labute approximate surface area is 252 Å². The van der Waals surface area contributed by atoms with Crippen LogP contribution in [0.15, 0.2) is 83.0 Å². The fraction of sp³-hybridized carbons (Fsp3) is 0.231. The van der Waals surface area contributed by atoms with Crippen LogP contribution in [0.4, 0.5) is 0 Å². The van der Waals surface area contributed by atoms with Gasteiger partial charge in [0.05, 0.1) is 39.8 Å². The smallest absolute Gasteiger partial charge is 0.497 e. The third kappa shape index (κ3) is 10.5. The molecule has 216 valence electrons. The summed E-state index contributed by atoms with van der Waals surface area (Å²) in [6.07, 6.45) is 3.57. The molecule has 0 bridgehead atoms. The van der Waals surface area contributed by atoms with Crippen molar-refractivity contribution in [3.63, 3.8) is 0 Å². The quantitative estimate of drug-likeness (QED) is 0.0979. The molecule has 0 saturated heterocycles. The van der Waals surface area contributed by atoms with Crippen molar-refractivity contribution >= 4 is 57.8 Å². The lowest BCUT2D eigenvalue weighted by molar-refractivity contribution is 0.275. The molecule has 0 N–H and O–H groups in total. The summed E-state index contributed by atoms with van der Waals surface area (Å²) in [5.41, 5.74) is 2.58. The van der Waals surface area contributed by atoms with Gasteiger partial charge in [-0.3, -0.25) is 13.6 Å². The fourth-order valence-electron chi connectivity index (χ4n) is 3.07. The monoisotopic (exact) mass is 652 g/mol. The highest BCUT2D eigenvalue weighted by atomic mass is 32.4. The second-order valence-electron chi connectivity index (χ2n) is 8.25. The van der Waals surface area contributed by atoms with E-state index in [1.54, 1.807) is 67.5 Å². The summed E-state index contributed by atoms with van der Waals surface area (Å²) in [5.74, 6) is 2.00. The van der Waals surface area contributed by atoms with Gasteiger partial charge in [-0.15, -0.1) is 10.2 Å². The lowest BCUT2D eigenvalue weighted by atomic mass is 10.2. The Hall–Kier alpha value is -2.81. The van der Waals surface area contributed by atoms with E-state index in [4.69, 9.17) is 46.4 Å². The van der Waals surface area contributed by atoms with Gasteiger partial charge in [-0.05, 0) is 77.4 Å². The van der Waals surface area contributed by atoms with Crippen LogP contribution in [-0.4, -0.2) is 57.4 Å². The van der Waals surface area contributed by atoms with Crippen molar-refractivity contribution in [3.8, 4) is 17.2 Å². The molecule has 0 spiro atoms. The average Bonchev–Trinajstić information content (AvgIpc) is 3.00. The maximum atomic E-state index is 12.3. The minimum absolute atomic E-state index is 0.167. The molecule has 2 atom stereocenters. The molecular formula is C26H31N4O6P3S2+2. The van der Waals surface area contributed by atoms with Crippen LogP contribution >= 0.6 is 21.7 Å². The number of ether oxygens (including phenoxy) is 1. The van der Waals surface area contributed by atoms with Crippen molar-refractivity contribution in [2.24, 2.45) is 10.2 Å². The number of nitrogens with zero attached hydrogens (tertiary/aromatic N) is 4. The second-order valence-corrected chi connectivity index (χ2v) is 14.9. The van der Waals surface area contributed by atoms with Crippen LogP contribution in [0.1, 0.15) is 16.7 Å². The number of methoxy groups -OCH3 is 1. The molecule has 0 aliphatic rings. The number of hydrazone groups is 2. The maximum Gasteiger partial charge on any atom is 0.540 e. The first kappa shape index (κ1) is 32.7. The van der Waals surface area contributed by atoms with Crippen molar-refractivity contribution in [1.29, 1.82) is 0 Å². The Balaban J connectivity index is 1.49. The molecule has 41 heavy (non-hydrogen) atoms.